The first-order valence-electron chi connectivity index (χ1n) is 3.22. The second-order valence-electron chi connectivity index (χ2n) is 2.04. The first-order valence-corrected chi connectivity index (χ1v) is 3.22. The van der Waals surface area contributed by atoms with E-state index in [0.29, 0.717) is 11.5 Å². The number of methoxy groups -OCH3 is 2. The lowest BCUT2D eigenvalue weighted by Gasteiger charge is -2.06. The van der Waals surface area contributed by atoms with Crippen molar-refractivity contribution in [1.29, 1.82) is 0 Å². The number of ether oxygens (including phenoxy) is 2. The van der Waals surface area contributed by atoms with Gasteiger partial charge < -0.3 is 9.47 Å². The molecule has 0 aliphatic heterocycles. The lowest BCUT2D eigenvalue weighted by atomic mass is 10.3. The van der Waals surface area contributed by atoms with E-state index in [1.54, 1.807) is 18.2 Å². The molecule has 0 amide bonds. The minimum atomic E-state index is 0.289. The molecule has 0 spiro atoms. The highest BCUT2D eigenvalue weighted by atomic mass is 16.5. The van der Waals surface area contributed by atoms with E-state index in [1.807, 2.05) is 0 Å². The monoisotopic (exact) mass is 152 g/mol. The fourth-order valence-electron chi connectivity index (χ4n) is 0.851. The second kappa shape index (κ2) is 3.14. The molecule has 0 bridgehead atoms. The van der Waals surface area contributed by atoms with Crippen LogP contribution in [0.3, 0.4) is 0 Å². The molecule has 1 aromatic carbocycles. The fourth-order valence-corrected chi connectivity index (χ4v) is 0.851. The van der Waals surface area contributed by atoms with Gasteiger partial charge in [-0.3, -0.25) is 5.73 Å². The van der Waals surface area contributed by atoms with Gasteiger partial charge in [-0.05, 0) is 12.1 Å². The van der Waals surface area contributed by atoms with Crippen LogP contribution in [-0.4, -0.2) is 14.2 Å². The number of rotatable bonds is 2. The molecule has 0 saturated carbocycles. The van der Waals surface area contributed by atoms with E-state index in [9.17, 15) is 0 Å². The van der Waals surface area contributed by atoms with Crippen molar-refractivity contribution in [1.82, 2.24) is 5.73 Å². The summed E-state index contributed by atoms with van der Waals surface area (Å²) in [5, 5.41) is 0. The molecular formula is C8H10NO2. The van der Waals surface area contributed by atoms with Gasteiger partial charge in [-0.25, -0.2) is 0 Å². The van der Waals surface area contributed by atoms with Crippen LogP contribution < -0.4 is 15.2 Å². The third kappa shape index (κ3) is 1.37. The first-order chi connectivity index (χ1) is 5.29. The van der Waals surface area contributed by atoms with Gasteiger partial charge in [0.2, 0.25) is 0 Å². The third-order valence-corrected chi connectivity index (χ3v) is 1.43. The first kappa shape index (κ1) is 7.72. The topological polar surface area (TPSA) is 42.3 Å². The zero-order valence-electron chi connectivity index (χ0n) is 6.55. The Bertz CT molecular complexity index is 226. The zero-order valence-corrected chi connectivity index (χ0v) is 6.55. The largest absolute Gasteiger partial charge is 0.494 e. The Morgan fingerprint density at radius 1 is 1.09 bits per heavy atom. The van der Waals surface area contributed by atoms with Crippen molar-refractivity contribution >= 4 is 5.69 Å². The molecule has 0 atom stereocenters. The highest BCUT2D eigenvalue weighted by Gasteiger charge is 2.04. The summed E-state index contributed by atoms with van der Waals surface area (Å²) < 4.78 is 9.84. The van der Waals surface area contributed by atoms with Crippen LogP contribution >= 0.6 is 0 Å². The molecule has 0 aromatic heterocycles. The maximum Gasteiger partial charge on any atom is 0.147 e. The minimum Gasteiger partial charge on any atom is -0.494 e. The van der Waals surface area contributed by atoms with Crippen molar-refractivity contribution in [2.45, 2.75) is 0 Å². The molecule has 0 fully saturated rings. The van der Waals surface area contributed by atoms with E-state index in [4.69, 9.17) is 15.2 Å². The summed E-state index contributed by atoms with van der Waals surface area (Å²) in [6.07, 6.45) is 0. The Balaban J connectivity index is 3.10. The number of nitrogens with one attached hydrogen (secondary N) is 1. The quantitative estimate of drug-likeness (QED) is 0.646. The van der Waals surface area contributed by atoms with Gasteiger partial charge in [-0.1, -0.05) is 6.07 Å². The number of hydrogen-bond acceptors (Lipinski definition) is 2. The average molecular weight is 152 g/mol. The molecule has 0 heterocycles. The van der Waals surface area contributed by atoms with Gasteiger partial charge in [-0.15, -0.1) is 0 Å². The van der Waals surface area contributed by atoms with Crippen LogP contribution in [0.1, 0.15) is 0 Å². The van der Waals surface area contributed by atoms with Gasteiger partial charge in [0.25, 0.3) is 0 Å². The minimum absolute atomic E-state index is 0.289. The van der Waals surface area contributed by atoms with Crippen LogP contribution in [0.5, 0.6) is 11.5 Å². The summed E-state index contributed by atoms with van der Waals surface area (Å²) in [6, 6.07) is 5.24. The van der Waals surface area contributed by atoms with Crippen LogP contribution in [0.2, 0.25) is 0 Å². The number of benzene rings is 1. The Labute approximate surface area is 65.7 Å². The van der Waals surface area contributed by atoms with E-state index >= 15 is 0 Å². The van der Waals surface area contributed by atoms with Crippen molar-refractivity contribution < 1.29 is 9.47 Å². The van der Waals surface area contributed by atoms with E-state index in [0.717, 1.165) is 0 Å². The fraction of sp³-hybridized carbons (Fsp3) is 0.250. The molecule has 59 valence electrons. The molecule has 0 saturated heterocycles. The molecule has 0 unspecified atom stereocenters. The van der Waals surface area contributed by atoms with Crippen LogP contribution in [0.15, 0.2) is 18.2 Å². The predicted molar refractivity (Wildman–Crippen MR) is 42.3 cm³/mol. The highest BCUT2D eigenvalue weighted by Crippen LogP contribution is 2.31. The van der Waals surface area contributed by atoms with Gasteiger partial charge in [0.15, 0.2) is 0 Å². The lowest BCUT2D eigenvalue weighted by Crippen LogP contribution is -1.89. The van der Waals surface area contributed by atoms with Gasteiger partial charge in [-0.2, -0.15) is 0 Å². The third-order valence-electron chi connectivity index (χ3n) is 1.43. The Morgan fingerprint density at radius 2 is 1.55 bits per heavy atom. The van der Waals surface area contributed by atoms with E-state index in [-0.39, 0.29) is 5.69 Å². The number of hydrogen-bond donors (Lipinski definition) is 0. The molecule has 1 aromatic rings. The van der Waals surface area contributed by atoms with Gasteiger partial charge >= 0.3 is 0 Å². The summed E-state index contributed by atoms with van der Waals surface area (Å²) in [4.78, 5) is 0. The van der Waals surface area contributed by atoms with Crippen molar-refractivity contribution in [3.8, 4) is 11.5 Å². The van der Waals surface area contributed by atoms with Crippen molar-refractivity contribution in [3.63, 3.8) is 0 Å². The summed E-state index contributed by atoms with van der Waals surface area (Å²) in [5.41, 5.74) is 7.79. The molecule has 1 rings (SSSR count). The van der Waals surface area contributed by atoms with Crippen molar-refractivity contribution in [2.24, 2.45) is 0 Å². The maximum atomic E-state index is 7.50. The van der Waals surface area contributed by atoms with Gasteiger partial charge in [0.1, 0.15) is 17.2 Å². The van der Waals surface area contributed by atoms with Gasteiger partial charge in [0.05, 0.1) is 14.2 Å². The smallest absolute Gasteiger partial charge is 0.147 e. The predicted octanol–water partition coefficient (Wildman–Crippen LogP) is 1.62. The van der Waals surface area contributed by atoms with Crippen molar-refractivity contribution in [2.75, 3.05) is 14.2 Å². The second-order valence-corrected chi connectivity index (χ2v) is 2.04. The van der Waals surface area contributed by atoms with E-state index < -0.39 is 0 Å². The Morgan fingerprint density at radius 3 is 1.91 bits per heavy atom. The molecule has 0 aliphatic rings. The standard InChI is InChI=1S/C8H10NO2/c1-10-6-4-3-5-7(11-2)8(6)9/h3-5,9H,1-2H3. The van der Waals surface area contributed by atoms with E-state index in [1.165, 1.54) is 14.2 Å². The molecule has 0 aliphatic carbocycles. The zero-order chi connectivity index (χ0) is 8.27. The molecule has 3 nitrogen and oxygen atoms in total. The summed E-state index contributed by atoms with van der Waals surface area (Å²) in [5.74, 6) is 1.06. The Hall–Kier alpha value is -1.38. The van der Waals surface area contributed by atoms with Gasteiger partial charge in [0, 0.05) is 0 Å². The summed E-state index contributed by atoms with van der Waals surface area (Å²) >= 11 is 0. The molecule has 11 heavy (non-hydrogen) atoms. The van der Waals surface area contributed by atoms with Crippen LogP contribution in [-0.2, 0) is 0 Å². The molecule has 1 radical (unpaired) electrons. The Kier molecular flexibility index (Phi) is 2.21. The molecular weight excluding hydrogens is 142 g/mol. The summed E-state index contributed by atoms with van der Waals surface area (Å²) in [6.45, 7) is 0. The van der Waals surface area contributed by atoms with Crippen LogP contribution in [0.4, 0.5) is 5.69 Å². The SMILES string of the molecule is COc1cccc(OC)c1[NH]. The lowest BCUT2D eigenvalue weighted by molar-refractivity contribution is 0.396. The van der Waals surface area contributed by atoms with Crippen molar-refractivity contribution in [3.05, 3.63) is 18.2 Å². The van der Waals surface area contributed by atoms with E-state index in [2.05, 4.69) is 0 Å². The normalized spacial score (nSPS) is 9.27. The van der Waals surface area contributed by atoms with Crippen LogP contribution in [0.25, 0.3) is 0 Å². The highest BCUT2D eigenvalue weighted by molar-refractivity contribution is 5.59. The molecule has 3 heteroatoms. The molecule has 1 N–H and O–H groups in total. The maximum absolute atomic E-state index is 7.50. The summed E-state index contributed by atoms with van der Waals surface area (Å²) in [7, 11) is 3.07. The average Bonchev–Trinajstić information content (AvgIpc) is 2.05. The van der Waals surface area contributed by atoms with Crippen LogP contribution in [0, 0.1) is 0 Å².